The van der Waals surface area contributed by atoms with Gasteiger partial charge in [0.25, 0.3) is 0 Å². The minimum absolute atomic E-state index is 0.417. The summed E-state index contributed by atoms with van der Waals surface area (Å²) in [5, 5.41) is 0.715. The third-order valence-corrected chi connectivity index (χ3v) is 6.22. The van der Waals surface area contributed by atoms with Crippen molar-refractivity contribution in [3.63, 3.8) is 0 Å². The van der Waals surface area contributed by atoms with Gasteiger partial charge in [-0.3, -0.25) is 4.57 Å². The summed E-state index contributed by atoms with van der Waals surface area (Å²) >= 11 is 3.40. The molecular formula is C16H20BrNO3P+. The van der Waals surface area contributed by atoms with Crippen molar-refractivity contribution in [1.82, 2.24) is 0 Å². The molecule has 0 aliphatic heterocycles. The van der Waals surface area contributed by atoms with Crippen molar-refractivity contribution in [2.45, 2.75) is 0 Å². The molecule has 6 heteroatoms. The third-order valence-electron chi connectivity index (χ3n) is 3.06. The van der Waals surface area contributed by atoms with E-state index in [2.05, 4.69) is 15.9 Å². The first kappa shape index (κ1) is 17.1. The molecule has 0 bridgehead atoms. The molecule has 0 aliphatic carbocycles. The lowest BCUT2D eigenvalue weighted by Crippen LogP contribution is -3.05. The van der Waals surface area contributed by atoms with E-state index in [0.717, 1.165) is 15.1 Å². The molecule has 1 unspecified atom stereocenters. The SMILES string of the molecule is COc1ccc(OP(=O)(C[NH+](C)C)c2ccc(Br)cc2)cc1. The quantitative estimate of drug-likeness (QED) is 0.778. The number of rotatable bonds is 6. The van der Waals surface area contributed by atoms with Crippen molar-refractivity contribution in [1.29, 1.82) is 0 Å². The molecule has 0 aliphatic rings. The molecule has 22 heavy (non-hydrogen) atoms. The Morgan fingerprint density at radius 3 is 2.05 bits per heavy atom. The highest BCUT2D eigenvalue weighted by molar-refractivity contribution is 9.10. The highest BCUT2D eigenvalue weighted by atomic mass is 79.9. The third kappa shape index (κ3) is 4.35. The van der Waals surface area contributed by atoms with Gasteiger partial charge in [0.1, 0.15) is 11.5 Å². The van der Waals surface area contributed by atoms with Gasteiger partial charge in [-0.2, -0.15) is 0 Å². The minimum atomic E-state index is -2.99. The first-order valence-electron chi connectivity index (χ1n) is 6.91. The predicted molar refractivity (Wildman–Crippen MR) is 92.7 cm³/mol. The molecule has 0 amide bonds. The molecule has 4 nitrogen and oxygen atoms in total. The molecule has 2 aromatic rings. The van der Waals surface area contributed by atoms with Gasteiger partial charge in [0.05, 0.1) is 26.5 Å². The Morgan fingerprint density at radius 2 is 1.55 bits per heavy atom. The molecule has 1 N–H and O–H groups in total. The van der Waals surface area contributed by atoms with E-state index in [4.69, 9.17) is 9.26 Å². The smallest absolute Gasteiger partial charge is 0.329 e. The molecule has 2 rings (SSSR count). The first-order chi connectivity index (χ1) is 10.4. The van der Waals surface area contributed by atoms with Crippen LogP contribution in [0, 0.1) is 0 Å². The van der Waals surface area contributed by atoms with Crippen molar-refractivity contribution in [3.05, 3.63) is 53.0 Å². The number of hydrogen-bond donors (Lipinski definition) is 1. The number of nitrogens with one attached hydrogen (secondary N) is 1. The summed E-state index contributed by atoms with van der Waals surface area (Å²) in [4.78, 5) is 1.07. The Balaban J connectivity index is 2.32. The van der Waals surface area contributed by atoms with E-state index in [1.54, 1.807) is 31.4 Å². The van der Waals surface area contributed by atoms with Crippen LogP contribution in [0.2, 0.25) is 0 Å². The number of hydrogen-bond acceptors (Lipinski definition) is 3. The predicted octanol–water partition coefficient (Wildman–Crippen LogP) is 2.54. The second-order valence-electron chi connectivity index (χ2n) is 5.28. The van der Waals surface area contributed by atoms with Gasteiger partial charge < -0.3 is 14.2 Å². The summed E-state index contributed by atoms with van der Waals surface area (Å²) in [5.41, 5.74) is 0. The van der Waals surface area contributed by atoms with Gasteiger partial charge in [0, 0.05) is 4.47 Å². The summed E-state index contributed by atoms with van der Waals surface area (Å²) < 4.78 is 25.3. The molecule has 0 spiro atoms. The topological polar surface area (TPSA) is 40.0 Å². The summed E-state index contributed by atoms with van der Waals surface area (Å²) in [6.07, 6.45) is 0.417. The zero-order chi connectivity index (χ0) is 16.2. The summed E-state index contributed by atoms with van der Waals surface area (Å²) in [6, 6.07) is 14.6. The van der Waals surface area contributed by atoms with Crippen LogP contribution in [-0.4, -0.2) is 27.5 Å². The van der Waals surface area contributed by atoms with Gasteiger partial charge >= 0.3 is 7.37 Å². The van der Waals surface area contributed by atoms with Crippen molar-refractivity contribution < 1.29 is 18.7 Å². The van der Waals surface area contributed by atoms with Crippen LogP contribution in [0.15, 0.2) is 53.0 Å². The lowest BCUT2D eigenvalue weighted by atomic mass is 10.3. The Hall–Kier alpha value is -1.29. The molecule has 118 valence electrons. The summed E-state index contributed by atoms with van der Waals surface area (Å²) in [6.45, 7) is 0. The Labute approximate surface area is 139 Å². The van der Waals surface area contributed by atoms with E-state index < -0.39 is 7.37 Å². The Bertz CT molecular complexity index is 656. The second kappa shape index (κ2) is 7.32. The highest BCUT2D eigenvalue weighted by Gasteiger charge is 2.31. The lowest BCUT2D eigenvalue weighted by molar-refractivity contribution is -0.845. The largest absolute Gasteiger partial charge is 0.497 e. The average molecular weight is 385 g/mol. The number of benzene rings is 2. The zero-order valence-electron chi connectivity index (χ0n) is 12.9. The number of halogens is 1. The van der Waals surface area contributed by atoms with Crippen molar-refractivity contribution >= 4 is 28.6 Å². The van der Waals surface area contributed by atoms with Crippen molar-refractivity contribution in [2.75, 3.05) is 27.5 Å². The minimum Gasteiger partial charge on any atom is -0.497 e. The number of methoxy groups -OCH3 is 1. The van der Waals surface area contributed by atoms with Crippen LogP contribution in [0.5, 0.6) is 11.5 Å². The van der Waals surface area contributed by atoms with Gasteiger partial charge in [0.15, 0.2) is 6.29 Å². The number of ether oxygens (including phenoxy) is 1. The maximum Gasteiger partial charge on any atom is 0.329 e. The fraction of sp³-hybridized carbons (Fsp3) is 0.250. The van der Waals surface area contributed by atoms with Crippen LogP contribution in [0.3, 0.4) is 0 Å². The van der Waals surface area contributed by atoms with E-state index in [1.165, 1.54) is 0 Å². The van der Waals surface area contributed by atoms with E-state index in [1.807, 2.05) is 38.4 Å². The van der Waals surface area contributed by atoms with Crippen LogP contribution >= 0.6 is 23.3 Å². The van der Waals surface area contributed by atoms with Crippen LogP contribution in [0.1, 0.15) is 0 Å². The summed E-state index contributed by atoms with van der Waals surface area (Å²) in [7, 11) is 2.54. The molecule has 0 heterocycles. The second-order valence-corrected chi connectivity index (χ2v) is 8.56. The first-order valence-corrected chi connectivity index (χ1v) is 9.51. The van der Waals surface area contributed by atoms with E-state index in [-0.39, 0.29) is 0 Å². The summed E-state index contributed by atoms with van der Waals surface area (Å²) in [5.74, 6) is 1.32. The van der Waals surface area contributed by atoms with Gasteiger partial charge in [-0.25, -0.2) is 0 Å². The standard InChI is InChI=1S/C16H19BrNO3P/c1-18(2)12-22(19,16-10-4-13(17)5-11-16)21-15-8-6-14(20-3)7-9-15/h4-11H,12H2,1-3H3/p+1. The molecule has 0 saturated heterocycles. The molecule has 0 fully saturated rings. The fourth-order valence-corrected chi connectivity index (χ4v) is 4.58. The molecule has 0 saturated carbocycles. The Kier molecular flexibility index (Phi) is 5.68. The molecule has 2 aromatic carbocycles. The zero-order valence-corrected chi connectivity index (χ0v) is 15.4. The van der Waals surface area contributed by atoms with Crippen LogP contribution in [0.25, 0.3) is 0 Å². The Morgan fingerprint density at radius 1 is 1.00 bits per heavy atom. The van der Waals surface area contributed by atoms with Crippen molar-refractivity contribution in [3.8, 4) is 11.5 Å². The average Bonchev–Trinajstić information content (AvgIpc) is 2.47. The van der Waals surface area contributed by atoms with Gasteiger partial charge in [-0.05, 0) is 48.5 Å². The molecule has 1 atom stereocenters. The van der Waals surface area contributed by atoms with E-state index >= 15 is 0 Å². The van der Waals surface area contributed by atoms with Gasteiger partial charge in [0.2, 0.25) is 0 Å². The molecular weight excluding hydrogens is 365 g/mol. The van der Waals surface area contributed by atoms with Crippen molar-refractivity contribution in [2.24, 2.45) is 0 Å². The lowest BCUT2D eigenvalue weighted by Gasteiger charge is -2.21. The van der Waals surface area contributed by atoms with E-state index in [9.17, 15) is 4.57 Å². The number of quaternary nitrogens is 1. The molecule has 0 aromatic heterocycles. The van der Waals surface area contributed by atoms with Gasteiger partial charge in [-0.1, -0.05) is 15.9 Å². The monoisotopic (exact) mass is 384 g/mol. The molecule has 0 radical (unpaired) electrons. The van der Waals surface area contributed by atoms with Gasteiger partial charge in [-0.15, -0.1) is 0 Å². The maximum atomic E-state index is 13.4. The fourth-order valence-electron chi connectivity index (χ4n) is 2.07. The van der Waals surface area contributed by atoms with Crippen LogP contribution in [-0.2, 0) is 4.57 Å². The maximum absolute atomic E-state index is 13.4. The van der Waals surface area contributed by atoms with E-state index in [0.29, 0.717) is 17.3 Å². The van der Waals surface area contributed by atoms with Crippen LogP contribution < -0.4 is 19.5 Å². The van der Waals surface area contributed by atoms with Crippen LogP contribution in [0.4, 0.5) is 0 Å². The highest BCUT2D eigenvalue weighted by Crippen LogP contribution is 2.44. The normalized spacial score (nSPS) is 13.7.